The maximum absolute atomic E-state index is 13.3. The van der Waals surface area contributed by atoms with Gasteiger partial charge in [-0.15, -0.1) is 15.8 Å². The zero-order valence-electron chi connectivity index (χ0n) is 27.9. The van der Waals surface area contributed by atoms with Crippen molar-refractivity contribution in [1.82, 2.24) is 46.1 Å². The molecule has 49 heavy (non-hydrogen) atoms. The number of halogens is 1. The number of esters is 1. The highest BCUT2D eigenvalue weighted by molar-refractivity contribution is 6.32. The quantitative estimate of drug-likeness (QED) is 0.0555. The van der Waals surface area contributed by atoms with Crippen LogP contribution in [0.25, 0.3) is 22.5 Å². The van der Waals surface area contributed by atoms with Crippen LogP contribution in [0.5, 0.6) is 0 Å². The van der Waals surface area contributed by atoms with Gasteiger partial charge in [0.2, 0.25) is 12.1 Å². The molecule has 0 fully saturated rings. The zero-order valence-corrected chi connectivity index (χ0v) is 28.7. The molecule has 0 saturated heterocycles. The van der Waals surface area contributed by atoms with Crippen LogP contribution in [0, 0.1) is 5.21 Å². The summed E-state index contributed by atoms with van der Waals surface area (Å²) in [5.74, 6) is 0.318. The van der Waals surface area contributed by atoms with E-state index in [9.17, 15) is 14.8 Å². The summed E-state index contributed by atoms with van der Waals surface area (Å²) in [6.45, 7) is 8.49. The minimum atomic E-state index is -1.28. The van der Waals surface area contributed by atoms with E-state index in [1.807, 2.05) is 62.4 Å². The topological polar surface area (TPSA) is 185 Å². The second-order valence-electron chi connectivity index (χ2n) is 10.7. The smallest absolute Gasteiger partial charge is 0.511 e. The predicted molar refractivity (Wildman–Crippen MR) is 179 cm³/mol. The lowest BCUT2D eigenvalue weighted by Crippen LogP contribution is -2.47. The minimum absolute atomic E-state index is 0.0113. The van der Waals surface area contributed by atoms with Crippen molar-refractivity contribution >= 4 is 23.7 Å². The molecule has 4 rings (SSSR count). The van der Waals surface area contributed by atoms with E-state index in [2.05, 4.69) is 38.1 Å². The average molecular weight is 699 g/mol. The van der Waals surface area contributed by atoms with Gasteiger partial charge in [0.1, 0.15) is 5.82 Å². The van der Waals surface area contributed by atoms with Crippen LogP contribution in [0.3, 0.4) is 0 Å². The molecule has 1 unspecified atom stereocenters. The van der Waals surface area contributed by atoms with Gasteiger partial charge in [-0.25, -0.2) is 24.9 Å². The van der Waals surface area contributed by atoms with Crippen molar-refractivity contribution in [3.8, 4) is 22.5 Å². The van der Waals surface area contributed by atoms with Crippen molar-refractivity contribution in [3.63, 3.8) is 0 Å². The molecule has 2 N–H and O–H groups in total. The third kappa shape index (κ3) is 10.5. The number of nitrogens with one attached hydrogen (secondary N) is 2. The monoisotopic (exact) mass is 698 g/mol. The number of tetrazole rings is 1. The van der Waals surface area contributed by atoms with E-state index < -0.39 is 18.4 Å². The number of nitrogens with zero attached hydrogens (tertiary/aromatic N) is 7. The summed E-state index contributed by atoms with van der Waals surface area (Å²) in [6, 6.07) is 15.6. The van der Waals surface area contributed by atoms with E-state index in [-0.39, 0.29) is 30.5 Å². The van der Waals surface area contributed by atoms with E-state index in [4.69, 9.17) is 30.6 Å². The molecule has 0 aliphatic heterocycles. The van der Waals surface area contributed by atoms with E-state index in [1.54, 1.807) is 4.57 Å². The largest absolute Gasteiger partial charge is 0.756 e. The maximum Gasteiger partial charge on any atom is 0.511 e. The van der Waals surface area contributed by atoms with Gasteiger partial charge < -0.3 is 24.0 Å². The number of hydrogen-bond donors (Lipinski definition) is 2. The highest BCUT2D eigenvalue weighted by atomic mass is 35.5. The van der Waals surface area contributed by atoms with Gasteiger partial charge in [0.05, 0.1) is 13.2 Å². The number of ether oxygens (including phenoxy) is 3. The third-order valence-electron chi connectivity index (χ3n) is 7.35. The molecule has 2 heterocycles. The van der Waals surface area contributed by atoms with Crippen molar-refractivity contribution in [2.75, 3.05) is 26.3 Å². The lowest BCUT2D eigenvalue weighted by molar-refractivity contribution is -0.157. The number of imidazole rings is 1. The molecule has 0 saturated carbocycles. The van der Waals surface area contributed by atoms with Gasteiger partial charge in [-0.1, -0.05) is 87.3 Å². The number of rotatable bonds is 19. The molecule has 0 bridgehead atoms. The molecule has 0 spiro atoms. The van der Waals surface area contributed by atoms with Gasteiger partial charge in [-0.3, -0.25) is 4.84 Å². The first-order valence-electron chi connectivity index (χ1n) is 16.1. The van der Waals surface area contributed by atoms with Crippen molar-refractivity contribution in [2.45, 2.75) is 66.2 Å². The molecule has 1 atom stereocenters. The summed E-state index contributed by atoms with van der Waals surface area (Å²) in [5, 5.41) is 28.1. The van der Waals surface area contributed by atoms with Crippen LogP contribution in [-0.4, -0.2) is 85.2 Å². The average Bonchev–Trinajstić information content (AvgIpc) is 3.74. The molecule has 0 aliphatic carbocycles. The zero-order chi connectivity index (χ0) is 35.2. The molecule has 2 aromatic heterocycles. The number of aromatic nitrogens is 6. The Labute approximate surface area is 289 Å². The number of aryl methyl sites for hydroxylation is 1. The van der Waals surface area contributed by atoms with Crippen LogP contribution in [0.4, 0.5) is 4.79 Å². The van der Waals surface area contributed by atoms with Crippen molar-refractivity contribution in [3.05, 3.63) is 76.0 Å². The van der Waals surface area contributed by atoms with E-state index in [0.717, 1.165) is 35.1 Å². The Kier molecular flexibility index (Phi) is 14.4. The predicted octanol–water partition coefficient (Wildman–Crippen LogP) is 5.31. The molecule has 2 aromatic carbocycles. The fourth-order valence-electron chi connectivity index (χ4n) is 4.86. The number of hydrogen-bond acceptors (Lipinski definition) is 14. The van der Waals surface area contributed by atoms with Gasteiger partial charge in [0.25, 0.3) is 0 Å². The van der Waals surface area contributed by atoms with Crippen molar-refractivity contribution < 1.29 is 28.6 Å². The second-order valence-corrected chi connectivity index (χ2v) is 11.1. The number of H-pyrrole nitrogens is 1. The molecule has 4 aromatic rings. The molecular formula is C32H41ClN9O7-. The highest BCUT2D eigenvalue weighted by Gasteiger charge is 2.26. The lowest BCUT2D eigenvalue weighted by atomic mass is 9.98. The Morgan fingerprint density at radius 2 is 1.76 bits per heavy atom. The summed E-state index contributed by atoms with van der Waals surface area (Å²) in [4.78, 5) is 35.1. The highest BCUT2D eigenvalue weighted by Crippen LogP contribution is 2.30. The van der Waals surface area contributed by atoms with Crippen molar-refractivity contribution in [2.24, 2.45) is 0 Å². The Bertz CT molecular complexity index is 1620. The number of aromatic amines is 1. The van der Waals surface area contributed by atoms with E-state index >= 15 is 0 Å². The first kappa shape index (κ1) is 37.4. The fourth-order valence-corrected chi connectivity index (χ4v) is 5.14. The summed E-state index contributed by atoms with van der Waals surface area (Å²) in [7, 11) is 0. The van der Waals surface area contributed by atoms with Crippen LogP contribution >= 0.6 is 11.6 Å². The lowest BCUT2D eigenvalue weighted by Gasteiger charge is -2.37. The summed E-state index contributed by atoms with van der Waals surface area (Å²) in [5.41, 5.74) is 5.91. The summed E-state index contributed by atoms with van der Waals surface area (Å²) in [6.07, 6.45) is 0.320. The number of carbonyl (C=O) groups excluding carboxylic acids is 2. The Hall–Kier alpha value is -4.45. The van der Waals surface area contributed by atoms with Gasteiger partial charge in [0.15, 0.2) is 10.8 Å². The standard InChI is InChI=1S/C32H41ClN9O7/c1-5-8-14-27-34-29(33)28(31(43)48-22(4)49-32(44)46-19-11-20-47-39-42(45)40(6-2)7-3)41(27)21-23-15-17-24(18-16-23)25-12-9-10-13-26(25)30-35-37-38-36-30/h9-10,12-13,15-18,22,39H,5-8,11,14,19-21H2,1-4H3,(H,35,36,37,38)/q-1. The molecule has 0 amide bonds. The van der Waals surface area contributed by atoms with E-state index in [1.165, 1.54) is 11.9 Å². The first-order chi connectivity index (χ1) is 23.7. The maximum atomic E-state index is 13.3. The molecule has 0 radical (unpaired) electrons. The van der Waals surface area contributed by atoms with Gasteiger partial charge in [0, 0.05) is 45.0 Å². The molecule has 264 valence electrons. The summed E-state index contributed by atoms with van der Waals surface area (Å²) >= 11 is 6.49. The van der Waals surface area contributed by atoms with Gasteiger partial charge in [-0.2, -0.15) is 5.21 Å². The SMILES string of the molecule is CCCCc1nc(Cl)c(C(=O)OC(C)OC(=O)OCCCONN([O-])N(CC)CC)n1Cc1ccc(-c2ccccc2-c2nn[nH]n2)cc1. The number of unbranched alkanes of at least 4 members (excludes halogenated alkanes) is 1. The third-order valence-corrected chi connectivity index (χ3v) is 7.61. The Morgan fingerprint density at radius 3 is 2.43 bits per heavy atom. The summed E-state index contributed by atoms with van der Waals surface area (Å²) < 4.78 is 17.3. The van der Waals surface area contributed by atoms with Crippen LogP contribution in [0.2, 0.25) is 5.15 Å². The van der Waals surface area contributed by atoms with Crippen LogP contribution < -0.4 is 5.59 Å². The molecular weight excluding hydrogens is 658 g/mol. The van der Waals surface area contributed by atoms with Gasteiger partial charge >= 0.3 is 12.1 Å². The van der Waals surface area contributed by atoms with Crippen molar-refractivity contribution in [1.29, 1.82) is 0 Å². The van der Waals surface area contributed by atoms with Crippen LogP contribution in [0.1, 0.15) is 68.8 Å². The van der Waals surface area contributed by atoms with Gasteiger partial charge in [-0.05, 0) is 28.3 Å². The Morgan fingerprint density at radius 1 is 1.02 bits per heavy atom. The van der Waals surface area contributed by atoms with Crippen LogP contribution in [0.15, 0.2) is 48.5 Å². The minimum Gasteiger partial charge on any atom is -0.756 e. The molecule has 0 aliphatic rings. The second kappa shape index (κ2) is 18.9. The fraction of sp³-hybridized carbons (Fsp3) is 0.438. The molecule has 17 heteroatoms. The number of hydrazine groups is 2. The first-order valence-corrected chi connectivity index (χ1v) is 16.4. The normalized spacial score (nSPS) is 12.0. The number of carbonyl (C=O) groups is 2. The number of benzene rings is 2. The Balaban J connectivity index is 1.36. The van der Waals surface area contributed by atoms with E-state index in [0.29, 0.717) is 43.0 Å². The van der Waals surface area contributed by atoms with Crippen LogP contribution in [-0.2, 0) is 32.0 Å². The molecule has 16 nitrogen and oxygen atoms in total.